The second kappa shape index (κ2) is 6.20. The second-order valence-electron chi connectivity index (χ2n) is 3.92. The summed E-state index contributed by atoms with van der Waals surface area (Å²) in [5, 5.41) is 9.19. The number of rotatable bonds is 5. The van der Waals surface area contributed by atoms with Gasteiger partial charge in [-0.05, 0) is 37.3 Å². The monoisotopic (exact) mass is 262 g/mol. The predicted molar refractivity (Wildman–Crippen MR) is 70.0 cm³/mol. The average Bonchev–Trinajstić information content (AvgIpc) is 2.41. The lowest BCUT2D eigenvalue weighted by atomic mass is 10.2. The van der Waals surface area contributed by atoms with E-state index in [1.165, 1.54) is 18.2 Å². The highest BCUT2D eigenvalue weighted by Crippen LogP contribution is 2.28. The first-order chi connectivity index (χ1) is 9.22. The Morgan fingerprint density at radius 2 is 1.89 bits per heavy atom. The van der Waals surface area contributed by atoms with Gasteiger partial charge in [0.15, 0.2) is 0 Å². The minimum Gasteiger partial charge on any atom is -0.494 e. The fourth-order valence-electron chi connectivity index (χ4n) is 1.69. The summed E-state index contributed by atoms with van der Waals surface area (Å²) in [5.41, 5.74) is 0.404. The summed E-state index contributed by atoms with van der Waals surface area (Å²) in [6.45, 7) is 2.19. The molecular weight excluding hydrogens is 247 g/mol. The number of aliphatic hydroxyl groups excluding tert-OH is 1. The molecule has 0 atom stereocenters. The van der Waals surface area contributed by atoms with Crippen LogP contribution in [-0.2, 0) is 6.61 Å². The van der Waals surface area contributed by atoms with Crippen molar-refractivity contribution in [2.75, 3.05) is 6.61 Å². The lowest BCUT2D eigenvalue weighted by Gasteiger charge is -2.11. The summed E-state index contributed by atoms with van der Waals surface area (Å²) in [7, 11) is 0. The van der Waals surface area contributed by atoms with Crippen molar-refractivity contribution in [3.63, 3.8) is 0 Å². The van der Waals surface area contributed by atoms with Crippen LogP contribution >= 0.6 is 0 Å². The van der Waals surface area contributed by atoms with Crippen molar-refractivity contribution in [1.82, 2.24) is 0 Å². The lowest BCUT2D eigenvalue weighted by Crippen LogP contribution is -1.94. The highest BCUT2D eigenvalue weighted by Gasteiger charge is 2.06. The molecule has 0 heterocycles. The number of hydrogen-bond donors (Lipinski definition) is 1. The molecule has 0 saturated carbocycles. The van der Waals surface area contributed by atoms with Crippen LogP contribution in [0.5, 0.6) is 17.2 Å². The Bertz CT molecular complexity index is 555. The molecule has 0 fully saturated rings. The van der Waals surface area contributed by atoms with E-state index in [2.05, 4.69) is 0 Å². The Labute approximate surface area is 111 Å². The number of benzene rings is 2. The van der Waals surface area contributed by atoms with Crippen molar-refractivity contribution in [3.05, 3.63) is 53.8 Å². The molecule has 0 aromatic heterocycles. The molecule has 0 aliphatic carbocycles. The molecule has 4 heteroatoms. The van der Waals surface area contributed by atoms with Gasteiger partial charge in [-0.3, -0.25) is 0 Å². The Hall–Kier alpha value is -2.07. The highest BCUT2D eigenvalue weighted by molar-refractivity contribution is 5.40. The van der Waals surface area contributed by atoms with Gasteiger partial charge in [-0.1, -0.05) is 6.07 Å². The molecule has 2 aromatic rings. The van der Waals surface area contributed by atoms with Gasteiger partial charge in [0, 0.05) is 11.6 Å². The van der Waals surface area contributed by atoms with Gasteiger partial charge in [0.05, 0.1) is 13.2 Å². The van der Waals surface area contributed by atoms with Crippen molar-refractivity contribution < 1.29 is 19.0 Å². The zero-order valence-corrected chi connectivity index (χ0v) is 10.6. The summed E-state index contributed by atoms with van der Waals surface area (Å²) in [6.07, 6.45) is 0. The van der Waals surface area contributed by atoms with Gasteiger partial charge >= 0.3 is 0 Å². The van der Waals surface area contributed by atoms with Crippen LogP contribution in [0.25, 0.3) is 0 Å². The second-order valence-corrected chi connectivity index (χ2v) is 3.92. The van der Waals surface area contributed by atoms with Gasteiger partial charge < -0.3 is 14.6 Å². The van der Waals surface area contributed by atoms with Crippen LogP contribution in [0.15, 0.2) is 42.5 Å². The van der Waals surface area contributed by atoms with Crippen molar-refractivity contribution in [2.24, 2.45) is 0 Å². The Balaban J connectivity index is 2.23. The van der Waals surface area contributed by atoms with Gasteiger partial charge in [0.1, 0.15) is 23.1 Å². The molecule has 0 radical (unpaired) electrons. The van der Waals surface area contributed by atoms with E-state index in [0.29, 0.717) is 29.4 Å². The van der Waals surface area contributed by atoms with E-state index in [1.807, 2.05) is 19.1 Å². The summed E-state index contributed by atoms with van der Waals surface area (Å²) in [5.74, 6) is 1.30. The van der Waals surface area contributed by atoms with Crippen LogP contribution in [0.2, 0.25) is 0 Å². The molecule has 0 saturated heterocycles. The summed E-state index contributed by atoms with van der Waals surface area (Å²) < 4.78 is 24.1. The summed E-state index contributed by atoms with van der Waals surface area (Å²) in [6, 6.07) is 11.2. The SMILES string of the molecule is CCOc1cccc(Oc2ccc(F)cc2CO)c1. The average molecular weight is 262 g/mol. The van der Waals surface area contributed by atoms with E-state index in [0.717, 1.165) is 0 Å². The van der Waals surface area contributed by atoms with E-state index >= 15 is 0 Å². The van der Waals surface area contributed by atoms with E-state index in [4.69, 9.17) is 9.47 Å². The van der Waals surface area contributed by atoms with Crippen molar-refractivity contribution in [1.29, 1.82) is 0 Å². The zero-order chi connectivity index (χ0) is 13.7. The molecule has 2 aromatic carbocycles. The fraction of sp³-hybridized carbons (Fsp3) is 0.200. The minimum absolute atomic E-state index is 0.280. The van der Waals surface area contributed by atoms with Crippen LogP contribution in [0.1, 0.15) is 12.5 Å². The van der Waals surface area contributed by atoms with Gasteiger partial charge in [0.25, 0.3) is 0 Å². The maximum Gasteiger partial charge on any atom is 0.133 e. The lowest BCUT2D eigenvalue weighted by molar-refractivity contribution is 0.275. The number of ether oxygens (including phenoxy) is 2. The third-order valence-electron chi connectivity index (χ3n) is 2.54. The minimum atomic E-state index is -0.403. The molecular formula is C15H15FO3. The molecule has 0 bridgehead atoms. The molecule has 0 aliphatic rings. The summed E-state index contributed by atoms with van der Waals surface area (Å²) >= 11 is 0. The molecule has 0 spiro atoms. The van der Waals surface area contributed by atoms with Crippen LogP contribution in [-0.4, -0.2) is 11.7 Å². The maximum atomic E-state index is 13.1. The molecule has 0 aliphatic heterocycles. The highest BCUT2D eigenvalue weighted by atomic mass is 19.1. The van der Waals surface area contributed by atoms with Crippen molar-refractivity contribution in [2.45, 2.75) is 13.5 Å². The smallest absolute Gasteiger partial charge is 0.133 e. The first-order valence-corrected chi connectivity index (χ1v) is 6.03. The van der Waals surface area contributed by atoms with Gasteiger partial charge in [0.2, 0.25) is 0 Å². The Morgan fingerprint density at radius 3 is 2.63 bits per heavy atom. The molecule has 1 N–H and O–H groups in total. The molecule has 19 heavy (non-hydrogen) atoms. The molecule has 3 nitrogen and oxygen atoms in total. The molecule has 0 amide bonds. The summed E-state index contributed by atoms with van der Waals surface area (Å²) in [4.78, 5) is 0. The maximum absolute atomic E-state index is 13.1. The van der Waals surface area contributed by atoms with Crippen LogP contribution < -0.4 is 9.47 Å². The van der Waals surface area contributed by atoms with Crippen molar-refractivity contribution >= 4 is 0 Å². The number of aliphatic hydroxyl groups is 1. The van der Waals surface area contributed by atoms with Crippen LogP contribution in [0.4, 0.5) is 4.39 Å². The van der Waals surface area contributed by atoms with E-state index < -0.39 is 5.82 Å². The zero-order valence-electron chi connectivity index (χ0n) is 10.6. The van der Waals surface area contributed by atoms with Gasteiger partial charge in [-0.15, -0.1) is 0 Å². The molecule has 2 rings (SSSR count). The largest absolute Gasteiger partial charge is 0.494 e. The Morgan fingerprint density at radius 1 is 1.11 bits per heavy atom. The van der Waals surface area contributed by atoms with Gasteiger partial charge in [-0.2, -0.15) is 0 Å². The quantitative estimate of drug-likeness (QED) is 0.896. The first-order valence-electron chi connectivity index (χ1n) is 6.03. The van der Waals surface area contributed by atoms with Crippen LogP contribution in [0, 0.1) is 5.82 Å². The van der Waals surface area contributed by atoms with E-state index in [-0.39, 0.29) is 6.61 Å². The van der Waals surface area contributed by atoms with Crippen molar-refractivity contribution in [3.8, 4) is 17.2 Å². The topological polar surface area (TPSA) is 38.7 Å². The molecule has 100 valence electrons. The first kappa shape index (κ1) is 13.4. The fourth-order valence-corrected chi connectivity index (χ4v) is 1.69. The third kappa shape index (κ3) is 3.45. The molecule has 0 unspecified atom stereocenters. The van der Waals surface area contributed by atoms with Crippen LogP contribution in [0.3, 0.4) is 0 Å². The van der Waals surface area contributed by atoms with E-state index in [1.54, 1.807) is 12.1 Å². The van der Waals surface area contributed by atoms with Gasteiger partial charge in [-0.25, -0.2) is 4.39 Å². The number of halogens is 1. The Kier molecular flexibility index (Phi) is 4.36. The normalized spacial score (nSPS) is 10.3. The van der Waals surface area contributed by atoms with E-state index in [9.17, 15) is 9.50 Å². The number of hydrogen-bond acceptors (Lipinski definition) is 3. The third-order valence-corrected chi connectivity index (χ3v) is 2.54. The predicted octanol–water partition coefficient (Wildman–Crippen LogP) is 3.51. The standard InChI is InChI=1S/C15H15FO3/c1-2-18-13-4-3-5-14(9-13)19-15-7-6-12(16)8-11(15)10-17/h3-9,17H,2,10H2,1H3.